The Morgan fingerprint density at radius 3 is 2.35 bits per heavy atom. The molecule has 0 fully saturated rings. The van der Waals surface area contributed by atoms with E-state index in [0.717, 1.165) is 0 Å². The molecular weight excluding hydrogens is 218 g/mol. The minimum atomic E-state index is -0.984. The molecule has 1 rings (SSSR count). The van der Waals surface area contributed by atoms with Gasteiger partial charge in [-0.2, -0.15) is 0 Å². The van der Waals surface area contributed by atoms with Gasteiger partial charge in [0.15, 0.2) is 0 Å². The summed E-state index contributed by atoms with van der Waals surface area (Å²) in [6.45, 7) is 3.47. The molecule has 1 atom stereocenters. The number of amides is 1. The fourth-order valence-corrected chi connectivity index (χ4v) is 1.42. The highest BCUT2D eigenvalue weighted by atomic mass is 16.5. The molecule has 1 aromatic rings. The fraction of sp³-hybridized carbons (Fsp3) is 0.385. The molecule has 0 aliphatic carbocycles. The number of methoxy groups -OCH3 is 1. The van der Waals surface area contributed by atoms with Crippen LogP contribution in [0.2, 0.25) is 0 Å². The van der Waals surface area contributed by atoms with Gasteiger partial charge in [0.2, 0.25) is 0 Å². The lowest BCUT2D eigenvalue weighted by atomic mass is 9.98. The van der Waals surface area contributed by atoms with Crippen molar-refractivity contribution >= 4 is 11.9 Å². The van der Waals surface area contributed by atoms with E-state index in [1.165, 1.54) is 7.11 Å². The van der Waals surface area contributed by atoms with Crippen LogP contribution < -0.4 is 5.32 Å². The Bertz CT molecular complexity index is 402. The maximum Gasteiger partial charge on any atom is 0.331 e. The van der Waals surface area contributed by atoms with Gasteiger partial charge in [-0.05, 0) is 25.5 Å². The van der Waals surface area contributed by atoms with Gasteiger partial charge in [-0.3, -0.25) is 4.79 Å². The van der Waals surface area contributed by atoms with Crippen molar-refractivity contribution in [3.05, 3.63) is 35.9 Å². The molecule has 0 aromatic heterocycles. The lowest BCUT2D eigenvalue weighted by molar-refractivity contribution is -0.147. The molecule has 0 radical (unpaired) electrons. The number of esters is 1. The van der Waals surface area contributed by atoms with E-state index in [9.17, 15) is 9.59 Å². The van der Waals surface area contributed by atoms with Crippen molar-refractivity contribution in [3.8, 4) is 0 Å². The zero-order valence-corrected chi connectivity index (χ0v) is 10.3. The molecule has 4 heteroatoms. The lowest BCUT2D eigenvalue weighted by Gasteiger charge is -2.26. The summed E-state index contributed by atoms with van der Waals surface area (Å²) in [6.07, 6.45) is 0.470. The average molecular weight is 235 g/mol. The Hall–Kier alpha value is -1.84. The minimum absolute atomic E-state index is 0.277. The number of nitrogens with one attached hydrogen (secondary N) is 1. The maximum absolute atomic E-state index is 11.9. The van der Waals surface area contributed by atoms with Crippen LogP contribution in [0.3, 0.4) is 0 Å². The van der Waals surface area contributed by atoms with E-state index in [1.54, 1.807) is 31.2 Å². The second-order valence-corrected chi connectivity index (χ2v) is 4.00. The third kappa shape index (κ3) is 3.06. The standard InChI is InChI=1S/C13H17NO3/c1-4-13(2,12(16)17-3)14-11(15)10-8-6-5-7-9-10/h5-9H,4H2,1-3H3,(H,14,15). The maximum atomic E-state index is 11.9. The van der Waals surface area contributed by atoms with Crippen molar-refractivity contribution in [1.29, 1.82) is 0 Å². The van der Waals surface area contributed by atoms with Gasteiger partial charge in [0.1, 0.15) is 5.54 Å². The SMILES string of the molecule is CCC(C)(NC(=O)c1ccccc1)C(=O)OC. The summed E-state index contributed by atoms with van der Waals surface area (Å²) in [5.74, 6) is -0.718. The van der Waals surface area contributed by atoms with E-state index in [2.05, 4.69) is 10.1 Å². The fourth-order valence-electron chi connectivity index (χ4n) is 1.42. The smallest absolute Gasteiger partial charge is 0.331 e. The summed E-state index contributed by atoms with van der Waals surface area (Å²) in [5.41, 5.74) is -0.460. The van der Waals surface area contributed by atoms with Crippen molar-refractivity contribution in [1.82, 2.24) is 5.32 Å². The van der Waals surface area contributed by atoms with Crippen molar-refractivity contribution < 1.29 is 14.3 Å². The topological polar surface area (TPSA) is 55.4 Å². The van der Waals surface area contributed by atoms with Crippen LogP contribution >= 0.6 is 0 Å². The molecule has 0 spiro atoms. The normalized spacial score (nSPS) is 13.6. The Labute approximate surface area is 101 Å². The molecule has 1 aromatic carbocycles. The summed E-state index contributed by atoms with van der Waals surface area (Å²) >= 11 is 0. The van der Waals surface area contributed by atoms with Gasteiger partial charge in [-0.1, -0.05) is 25.1 Å². The van der Waals surface area contributed by atoms with E-state index in [1.807, 2.05) is 13.0 Å². The minimum Gasteiger partial charge on any atom is -0.467 e. The Morgan fingerprint density at radius 2 is 1.88 bits per heavy atom. The first-order valence-corrected chi connectivity index (χ1v) is 5.49. The highest BCUT2D eigenvalue weighted by Crippen LogP contribution is 2.12. The van der Waals surface area contributed by atoms with Gasteiger partial charge >= 0.3 is 5.97 Å². The molecule has 17 heavy (non-hydrogen) atoms. The number of hydrogen-bond acceptors (Lipinski definition) is 3. The van der Waals surface area contributed by atoms with E-state index in [-0.39, 0.29) is 5.91 Å². The Kier molecular flexibility index (Phi) is 4.26. The van der Waals surface area contributed by atoms with E-state index in [0.29, 0.717) is 12.0 Å². The highest BCUT2D eigenvalue weighted by Gasteiger charge is 2.34. The molecule has 1 N–H and O–H groups in total. The van der Waals surface area contributed by atoms with Crippen LogP contribution in [0.1, 0.15) is 30.6 Å². The molecule has 0 bridgehead atoms. The van der Waals surface area contributed by atoms with Crippen molar-refractivity contribution in [2.24, 2.45) is 0 Å². The average Bonchev–Trinajstić information content (AvgIpc) is 2.38. The molecule has 0 aliphatic rings. The van der Waals surface area contributed by atoms with Crippen LogP contribution in [-0.4, -0.2) is 24.5 Å². The molecule has 0 aliphatic heterocycles. The first-order valence-electron chi connectivity index (χ1n) is 5.49. The summed E-state index contributed by atoms with van der Waals surface area (Å²) in [6, 6.07) is 8.77. The molecule has 4 nitrogen and oxygen atoms in total. The second kappa shape index (κ2) is 5.48. The number of ether oxygens (including phenoxy) is 1. The van der Waals surface area contributed by atoms with Crippen LogP contribution in [0.15, 0.2) is 30.3 Å². The van der Waals surface area contributed by atoms with Crippen LogP contribution in [-0.2, 0) is 9.53 Å². The van der Waals surface area contributed by atoms with Crippen molar-refractivity contribution in [2.45, 2.75) is 25.8 Å². The van der Waals surface area contributed by atoms with Gasteiger partial charge in [-0.15, -0.1) is 0 Å². The number of benzene rings is 1. The zero-order valence-electron chi connectivity index (χ0n) is 10.3. The molecule has 0 saturated heterocycles. The number of carbonyl (C=O) groups excluding carboxylic acids is 2. The highest BCUT2D eigenvalue weighted by molar-refractivity contribution is 5.97. The Morgan fingerprint density at radius 1 is 1.29 bits per heavy atom. The molecule has 0 saturated carbocycles. The first-order chi connectivity index (χ1) is 8.03. The summed E-state index contributed by atoms with van der Waals surface area (Å²) in [5, 5.41) is 2.70. The van der Waals surface area contributed by atoms with Crippen molar-refractivity contribution in [3.63, 3.8) is 0 Å². The lowest BCUT2D eigenvalue weighted by Crippen LogP contribution is -2.52. The number of carbonyl (C=O) groups is 2. The van der Waals surface area contributed by atoms with Gasteiger partial charge in [-0.25, -0.2) is 4.79 Å². The largest absolute Gasteiger partial charge is 0.467 e. The summed E-state index contributed by atoms with van der Waals surface area (Å²) < 4.78 is 4.69. The molecule has 92 valence electrons. The monoisotopic (exact) mass is 235 g/mol. The molecule has 1 unspecified atom stereocenters. The summed E-state index contributed by atoms with van der Waals surface area (Å²) in [4.78, 5) is 23.5. The Balaban J connectivity index is 2.83. The van der Waals surface area contributed by atoms with Crippen LogP contribution in [0, 0.1) is 0 Å². The zero-order chi connectivity index (χ0) is 12.9. The van der Waals surface area contributed by atoms with Crippen molar-refractivity contribution in [2.75, 3.05) is 7.11 Å². The first kappa shape index (κ1) is 13.2. The van der Waals surface area contributed by atoms with Gasteiger partial charge in [0.05, 0.1) is 7.11 Å². The second-order valence-electron chi connectivity index (χ2n) is 4.00. The van der Waals surface area contributed by atoms with Gasteiger partial charge in [0.25, 0.3) is 5.91 Å². The molecular formula is C13H17NO3. The molecule has 1 amide bonds. The number of hydrogen-bond donors (Lipinski definition) is 1. The third-order valence-corrected chi connectivity index (χ3v) is 2.77. The van der Waals surface area contributed by atoms with E-state index in [4.69, 9.17) is 0 Å². The summed E-state index contributed by atoms with van der Waals surface area (Å²) in [7, 11) is 1.31. The van der Waals surface area contributed by atoms with Crippen LogP contribution in [0.5, 0.6) is 0 Å². The predicted octanol–water partition coefficient (Wildman–Crippen LogP) is 1.76. The van der Waals surface area contributed by atoms with E-state index >= 15 is 0 Å². The van der Waals surface area contributed by atoms with Crippen LogP contribution in [0.25, 0.3) is 0 Å². The van der Waals surface area contributed by atoms with Gasteiger partial charge in [0, 0.05) is 5.56 Å². The quantitative estimate of drug-likeness (QED) is 0.809. The number of rotatable bonds is 4. The van der Waals surface area contributed by atoms with Gasteiger partial charge < -0.3 is 10.1 Å². The predicted molar refractivity (Wildman–Crippen MR) is 64.6 cm³/mol. The van der Waals surface area contributed by atoms with E-state index < -0.39 is 11.5 Å². The van der Waals surface area contributed by atoms with Crippen LogP contribution in [0.4, 0.5) is 0 Å². The molecule has 0 heterocycles. The third-order valence-electron chi connectivity index (χ3n) is 2.77.